The molecule has 3 aliphatic rings. The molecule has 0 saturated carbocycles. The summed E-state index contributed by atoms with van der Waals surface area (Å²) in [5.41, 5.74) is 12.0. The number of aliphatic hydroxyl groups is 9. The zero-order valence-electron chi connectivity index (χ0n) is 37.5. The summed E-state index contributed by atoms with van der Waals surface area (Å²) >= 11 is 0. The van der Waals surface area contributed by atoms with Crippen LogP contribution in [0.4, 0.5) is 0 Å². The molecule has 3 rings (SSSR count). The van der Waals surface area contributed by atoms with Crippen LogP contribution >= 0.6 is 0 Å². The number of carboxylic acids is 3. The highest BCUT2D eigenvalue weighted by molar-refractivity contribution is 5.78. The molecule has 3 fully saturated rings. The van der Waals surface area contributed by atoms with E-state index >= 15 is 0 Å². The molecule has 1 amide bonds. The van der Waals surface area contributed by atoms with Gasteiger partial charge < -0.3 is 107 Å². The Morgan fingerprint density at radius 2 is 1.09 bits per heavy atom. The molecular formula is C41H74N4O21. The van der Waals surface area contributed by atoms with E-state index in [4.69, 9.17) is 35.2 Å². The SMILES string of the molecule is CCCCCCCCCCCCNCC(O)C1OC(OC(CO)C(O)C2OC(OC(CO)C(O)C3OC(O)(C(=O)O)CC(O)C3N)(C(=O)O)CC(O)C2N)(C(=O)O)CC(O)C1NC(=O)CC. The predicted molar refractivity (Wildman–Crippen MR) is 225 cm³/mol. The van der Waals surface area contributed by atoms with Crippen molar-refractivity contribution in [1.82, 2.24) is 10.6 Å². The number of aliphatic carboxylic acids is 3. The molecule has 3 saturated heterocycles. The van der Waals surface area contributed by atoms with Crippen LogP contribution in [-0.4, -0.2) is 214 Å². The van der Waals surface area contributed by atoms with E-state index in [1.54, 1.807) is 0 Å². The smallest absolute Gasteiger partial charge is 0.364 e. The number of carbonyl (C=O) groups excluding carboxylic acids is 1. The summed E-state index contributed by atoms with van der Waals surface area (Å²) in [5, 5.41) is 134. The molecule has 17 unspecified atom stereocenters. The highest BCUT2D eigenvalue weighted by atomic mass is 16.8. The molecule has 18 N–H and O–H groups in total. The lowest BCUT2D eigenvalue weighted by molar-refractivity contribution is -0.353. The normalized spacial score (nSPS) is 35.0. The number of amides is 1. The number of hydrogen-bond donors (Lipinski definition) is 16. The zero-order chi connectivity index (χ0) is 49.6. The van der Waals surface area contributed by atoms with Crippen LogP contribution in [-0.2, 0) is 42.9 Å². The van der Waals surface area contributed by atoms with Gasteiger partial charge in [0.05, 0.1) is 55.8 Å². The Kier molecular flexibility index (Phi) is 22.9. The quantitative estimate of drug-likeness (QED) is 0.0315. The number of hydrogen-bond acceptors (Lipinski definition) is 21. The van der Waals surface area contributed by atoms with E-state index in [0.29, 0.717) is 6.54 Å². The van der Waals surface area contributed by atoms with Crippen LogP contribution < -0.4 is 22.1 Å². The Bertz CT molecular complexity index is 1540. The Balaban J connectivity index is 1.82. The van der Waals surface area contributed by atoms with E-state index in [0.717, 1.165) is 32.1 Å². The number of aliphatic hydroxyl groups excluding tert-OH is 8. The Hall–Kier alpha value is -2.80. The number of ether oxygens (including phenoxy) is 5. The number of carboxylic acid groups (broad SMARTS) is 3. The molecule has 66 heavy (non-hydrogen) atoms. The third kappa shape index (κ3) is 14.6. The molecule has 0 bridgehead atoms. The second-order valence-electron chi connectivity index (χ2n) is 17.5. The Morgan fingerprint density at radius 1 is 0.652 bits per heavy atom. The minimum atomic E-state index is -3.17. The highest BCUT2D eigenvalue weighted by Gasteiger charge is 2.60. The first-order valence-corrected chi connectivity index (χ1v) is 22.7. The van der Waals surface area contributed by atoms with Crippen LogP contribution in [0.1, 0.15) is 104 Å². The Morgan fingerprint density at radius 3 is 1.55 bits per heavy atom. The monoisotopic (exact) mass is 958 g/mol. The van der Waals surface area contributed by atoms with Crippen molar-refractivity contribution in [3.05, 3.63) is 0 Å². The van der Waals surface area contributed by atoms with Gasteiger partial charge in [0.15, 0.2) is 0 Å². The van der Waals surface area contributed by atoms with Crippen LogP contribution in [0.2, 0.25) is 0 Å². The van der Waals surface area contributed by atoms with Crippen LogP contribution in [0.3, 0.4) is 0 Å². The number of nitrogens with two attached hydrogens (primary N) is 2. The molecule has 0 aliphatic carbocycles. The fourth-order valence-electron chi connectivity index (χ4n) is 8.42. The molecule has 3 heterocycles. The molecule has 17 atom stereocenters. The first-order valence-electron chi connectivity index (χ1n) is 22.7. The molecule has 0 spiro atoms. The van der Waals surface area contributed by atoms with Gasteiger partial charge in [0, 0.05) is 32.2 Å². The van der Waals surface area contributed by atoms with E-state index in [2.05, 4.69) is 17.6 Å². The summed E-state index contributed by atoms with van der Waals surface area (Å²) in [6.07, 6.45) is -14.2. The van der Waals surface area contributed by atoms with E-state index in [1.165, 1.54) is 39.0 Å². The summed E-state index contributed by atoms with van der Waals surface area (Å²) in [7, 11) is 0. The molecular weight excluding hydrogens is 884 g/mol. The van der Waals surface area contributed by atoms with E-state index in [-0.39, 0.29) is 13.0 Å². The maximum Gasteiger partial charge on any atom is 0.364 e. The lowest BCUT2D eigenvalue weighted by atomic mass is 9.87. The zero-order valence-corrected chi connectivity index (χ0v) is 37.5. The van der Waals surface area contributed by atoms with Crippen molar-refractivity contribution in [3.63, 3.8) is 0 Å². The second-order valence-corrected chi connectivity index (χ2v) is 17.5. The maximum absolute atomic E-state index is 13.0. The second kappa shape index (κ2) is 26.3. The minimum Gasteiger partial charge on any atom is -0.477 e. The van der Waals surface area contributed by atoms with Crippen molar-refractivity contribution in [1.29, 1.82) is 0 Å². The highest BCUT2D eigenvalue weighted by Crippen LogP contribution is 2.39. The van der Waals surface area contributed by atoms with Crippen molar-refractivity contribution in [2.24, 2.45) is 11.5 Å². The summed E-state index contributed by atoms with van der Waals surface area (Å²) in [5.74, 6) is -15.8. The van der Waals surface area contributed by atoms with E-state index < -0.39 is 159 Å². The van der Waals surface area contributed by atoms with Gasteiger partial charge in [-0.25, -0.2) is 14.4 Å². The van der Waals surface area contributed by atoms with Crippen molar-refractivity contribution < 1.29 is 104 Å². The van der Waals surface area contributed by atoms with Gasteiger partial charge in [-0.2, -0.15) is 0 Å². The molecule has 0 aromatic carbocycles. The van der Waals surface area contributed by atoms with Crippen LogP contribution in [0.15, 0.2) is 0 Å². The van der Waals surface area contributed by atoms with Gasteiger partial charge in [-0.05, 0) is 13.0 Å². The first-order chi connectivity index (χ1) is 31.1. The van der Waals surface area contributed by atoms with Gasteiger partial charge in [0.25, 0.3) is 17.4 Å². The van der Waals surface area contributed by atoms with Crippen molar-refractivity contribution in [2.45, 2.75) is 206 Å². The van der Waals surface area contributed by atoms with Gasteiger partial charge in [-0.15, -0.1) is 0 Å². The van der Waals surface area contributed by atoms with Gasteiger partial charge >= 0.3 is 17.9 Å². The van der Waals surface area contributed by atoms with E-state index in [9.17, 15) is 80.5 Å². The lowest BCUT2D eigenvalue weighted by Gasteiger charge is -2.49. The fraction of sp³-hybridized carbons (Fsp3) is 0.902. The molecule has 0 radical (unpaired) electrons. The molecule has 0 aromatic rings. The summed E-state index contributed by atoms with van der Waals surface area (Å²) in [6, 6.07) is -4.79. The number of rotatable bonds is 29. The largest absolute Gasteiger partial charge is 0.477 e. The standard InChI is InChI=1S/C41H74N4O21/c1-3-5-6-7-8-9-10-11-12-13-14-44-18-24(51)33-30(45-27(52)4-2)23(50)17-41(65-33,38(59)60)63-26(20-47)32(54)35-29(43)22(49)16-40(66-35,37(57)58)62-25(19-46)31(53)34-28(42)21(48)15-39(61,64-34)36(55)56/h21-26,28-35,44,46-51,53-54,61H,3-20,42-43H2,1-2H3,(H,45,52)(H,55,56)(H,57,58)(H,59,60). The van der Waals surface area contributed by atoms with Gasteiger partial charge in [-0.3, -0.25) is 4.79 Å². The lowest BCUT2D eigenvalue weighted by Crippen LogP contribution is -2.70. The van der Waals surface area contributed by atoms with Crippen LogP contribution in [0, 0.1) is 0 Å². The third-order valence-electron chi connectivity index (χ3n) is 12.4. The first kappa shape index (κ1) is 57.5. The van der Waals surface area contributed by atoms with Gasteiger partial charge in [-0.1, -0.05) is 71.6 Å². The third-order valence-corrected chi connectivity index (χ3v) is 12.4. The topological polar surface area (TPSA) is 433 Å². The number of carbonyl (C=O) groups is 4. The van der Waals surface area contributed by atoms with E-state index in [1.807, 2.05) is 0 Å². The van der Waals surface area contributed by atoms with Crippen molar-refractivity contribution in [2.75, 3.05) is 26.3 Å². The average molecular weight is 959 g/mol. The van der Waals surface area contributed by atoms with Crippen molar-refractivity contribution in [3.8, 4) is 0 Å². The molecule has 0 aromatic heterocycles. The molecule has 25 nitrogen and oxygen atoms in total. The van der Waals surface area contributed by atoms with Crippen molar-refractivity contribution >= 4 is 23.8 Å². The van der Waals surface area contributed by atoms with Crippen LogP contribution in [0.25, 0.3) is 0 Å². The average Bonchev–Trinajstić information content (AvgIpc) is 3.27. The summed E-state index contributed by atoms with van der Waals surface area (Å²) in [6.45, 7) is 1.36. The van der Waals surface area contributed by atoms with Gasteiger partial charge in [0.2, 0.25) is 5.91 Å². The summed E-state index contributed by atoms with van der Waals surface area (Å²) in [4.78, 5) is 50.2. The minimum absolute atomic E-state index is 0.0610. The predicted octanol–water partition coefficient (Wildman–Crippen LogP) is -4.33. The number of nitrogens with one attached hydrogen (secondary N) is 2. The molecule has 25 heteroatoms. The number of unbranched alkanes of at least 4 members (excludes halogenated alkanes) is 9. The van der Waals surface area contributed by atoms with Crippen LogP contribution in [0.5, 0.6) is 0 Å². The van der Waals surface area contributed by atoms with Gasteiger partial charge in [0.1, 0.15) is 42.7 Å². The summed E-state index contributed by atoms with van der Waals surface area (Å²) < 4.78 is 27.8. The fourth-order valence-corrected chi connectivity index (χ4v) is 8.42. The molecule has 3 aliphatic heterocycles. The maximum atomic E-state index is 13.0. The molecule has 384 valence electrons. The Labute approximate surface area is 382 Å².